The highest BCUT2D eigenvalue weighted by molar-refractivity contribution is 5.92. The van der Waals surface area contributed by atoms with E-state index >= 15 is 0 Å². The minimum atomic E-state index is -0.643. The summed E-state index contributed by atoms with van der Waals surface area (Å²) in [6.07, 6.45) is 6.14. The average Bonchev–Trinajstić information content (AvgIpc) is 2.73. The van der Waals surface area contributed by atoms with Crippen LogP contribution in [0.25, 0.3) is 6.08 Å². The summed E-state index contributed by atoms with van der Waals surface area (Å²) in [4.78, 5) is 14.6. The van der Waals surface area contributed by atoms with Gasteiger partial charge < -0.3 is 14.7 Å². The number of carbonyl (C=O) groups excluding carboxylic acids is 1. The average molecular weight is 438 g/mol. The van der Waals surface area contributed by atoms with Crippen molar-refractivity contribution < 1.29 is 14.6 Å². The van der Waals surface area contributed by atoms with Crippen molar-refractivity contribution >= 4 is 12.0 Å². The molecule has 0 atom stereocenters. The maximum atomic E-state index is 12.7. The second-order valence-electron chi connectivity index (χ2n) is 9.08. The summed E-state index contributed by atoms with van der Waals surface area (Å²) in [5, 5.41) is 10.0. The third kappa shape index (κ3) is 8.16. The molecule has 1 aliphatic heterocycles. The molecule has 1 saturated heterocycles. The van der Waals surface area contributed by atoms with Crippen LogP contribution in [0.2, 0.25) is 0 Å². The molecule has 32 heavy (non-hydrogen) atoms. The summed E-state index contributed by atoms with van der Waals surface area (Å²) in [5.74, 6) is 2.03. The second kappa shape index (κ2) is 11.9. The number of benzene rings is 2. The number of para-hydroxylation sites is 1. The maximum Gasteiger partial charge on any atom is 0.246 e. The predicted molar refractivity (Wildman–Crippen MR) is 133 cm³/mol. The predicted octanol–water partition coefficient (Wildman–Crippen LogP) is 6.53. The van der Waals surface area contributed by atoms with Gasteiger partial charge in [0.05, 0.1) is 5.60 Å². The first-order chi connectivity index (χ1) is 15.2. The molecule has 174 valence electrons. The van der Waals surface area contributed by atoms with Crippen molar-refractivity contribution in [3.63, 3.8) is 0 Å². The van der Waals surface area contributed by atoms with Gasteiger partial charge in [-0.05, 0) is 88.3 Å². The molecule has 2 aromatic rings. The molecule has 0 aliphatic carbocycles. The van der Waals surface area contributed by atoms with Gasteiger partial charge in [0.1, 0.15) is 11.5 Å². The summed E-state index contributed by atoms with van der Waals surface area (Å²) >= 11 is 0. The summed E-state index contributed by atoms with van der Waals surface area (Å²) < 4.78 is 6.11. The first-order valence-corrected chi connectivity index (χ1v) is 11.7. The number of hydrogen-bond acceptors (Lipinski definition) is 3. The zero-order valence-electron chi connectivity index (χ0n) is 20.5. The number of carbonyl (C=O) groups is 1. The fourth-order valence-corrected chi connectivity index (χ4v) is 4.16. The lowest BCUT2D eigenvalue weighted by Crippen LogP contribution is -2.39. The van der Waals surface area contributed by atoms with E-state index in [0.29, 0.717) is 5.92 Å². The van der Waals surface area contributed by atoms with E-state index in [0.717, 1.165) is 60.5 Å². The Morgan fingerprint density at radius 3 is 2.28 bits per heavy atom. The SMILES string of the molecule is CC.Cc1cc(C)cc(Oc2ccccc2/C=C/C(=O)N2CCC(CC(C)(C)O)CC2)c1. The van der Waals surface area contributed by atoms with Crippen molar-refractivity contribution in [3.8, 4) is 11.5 Å². The molecule has 3 rings (SSSR count). The highest BCUT2D eigenvalue weighted by Gasteiger charge is 2.26. The molecule has 1 amide bonds. The van der Waals surface area contributed by atoms with Crippen LogP contribution in [0.4, 0.5) is 0 Å². The third-order valence-corrected chi connectivity index (χ3v) is 5.46. The van der Waals surface area contributed by atoms with Crippen LogP contribution >= 0.6 is 0 Å². The number of likely N-dealkylation sites (tertiary alicyclic amines) is 1. The van der Waals surface area contributed by atoms with Gasteiger partial charge in [-0.15, -0.1) is 0 Å². The zero-order valence-corrected chi connectivity index (χ0v) is 20.5. The quantitative estimate of drug-likeness (QED) is 0.522. The van der Waals surface area contributed by atoms with Crippen molar-refractivity contribution in [2.45, 2.75) is 66.4 Å². The van der Waals surface area contributed by atoms with Crippen LogP contribution in [-0.4, -0.2) is 34.6 Å². The second-order valence-corrected chi connectivity index (χ2v) is 9.08. The Labute approximate surface area is 193 Å². The van der Waals surface area contributed by atoms with E-state index in [1.165, 1.54) is 0 Å². The van der Waals surface area contributed by atoms with E-state index in [9.17, 15) is 9.90 Å². The van der Waals surface area contributed by atoms with Crippen molar-refractivity contribution in [1.82, 2.24) is 4.90 Å². The summed E-state index contributed by atoms with van der Waals surface area (Å²) in [7, 11) is 0. The zero-order chi connectivity index (χ0) is 23.7. The molecule has 1 fully saturated rings. The number of ether oxygens (including phenoxy) is 1. The fraction of sp³-hybridized carbons (Fsp3) is 0.464. The molecular formula is C28H39NO3. The Bertz CT molecular complexity index is 883. The van der Waals surface area contributed by atoms with E-state index in [2.05, 4.69) is 19.9 Å². The van der Waals surface area contributed by atoms with Crippen molar-refractivity contribution in [3.05, 3.63) is 65.2 Å². The topological polar surface area (TPSA) is 49.8 Å². The van der Waals surface area contributed by atoms with Gasteiger partial charge in [0.15, 0.2) is 0 Å². The Balaban J connectivity index is 0.00000176. The number of nitrogens with zero attached hydrogens (tertiary/aromatic N) is 1. The van der Waals surface area contributed by atoms with Crippen LogP contribution in [0.1, 0.15) is 63.6 Å². The standard InChI is InChI=1S/C26H33NO3.C2H6/c1-19-15-20(2)17-23(16-19)30-24-8-6-5-7-22(24)9-10-25(28)27-13-11-21(12-14-27)18-26(3,4)29;1-2/h5-10,15-17,21,29H,11-14,18H2,1-4H3;1-2H3/b10-9+;. The summed E-state index contributed by atoms with van der Waals surface area (Å²) in [6.45, 7) is 13.3. The van der Waals surface area contributed by atoms with Gasteiger partial charge in [-0.2, -0.15) is 0 Å². The molecule has 1 N–H and O–H groups in total. The lowest BCUT2D eigenvalue weighted by atomic mass is 9.86. The lowest BCUT2D eigenvalue weighted by Gasteiger charge is -2.34. The first kappa shape index (κ1) is 25.7. The largest absolute Gasteiger partial charge is 0.457 e. The molecule has 0 unspecified atom stereocenters. The van der Waals surface area contributed by atoms with Gasteiger partial charge in [0.2, 0.25) is 5.91 Å². The van der Waals surface area contributed by atoms with E-state index in [1.807, 2.05) is 75.1 Å². The molecule has 4 heteroatoms. The van der Waals surface area contributed by atoms with Gasteiger partial charge in [0, 0.05) is 24.7 Å². The Hall–Kier alpha value is -2.59. The molecular weight excluding hydrogens is 398 g/mol. The van der Waals surface area contributed by atoms with Crippen LogP contribution in [0.3, 0.4) is 0 Å². The van der Waals surface area contributed by atoms with Crippen LogP contribution < -0.4 is 4.74 Å². The van der Waals surface area contributed by atoms with Crippen LogP contribution in [0.5, 0.6) is 11.5 Å². The maximum absolute atomic E-state index is 12.7. The Kier molecular flexibility index (Phi) is 9.52. The molecule has 1 heterocycles. The molecule has 0 radical (unpaired) electrons. The van der Waals surface area contributed by atoms with Gasteiger partial charge >= 0.3 is 0 Å². The van der Waals surface area contributed by atoms with Gasteiger partial charge in [-0.3, -0.25) is 4.79 Å². The fourth-order valence-electron chi connectivity index (χ4n) is 4.16. The third-order valence-electron chi connectivity index (χ3n) is 5.46. The number of hydrogen-bond donors (Lipinski definition) is 1. The van der Waals surface area contributed by atoms with Crippen LogP contribution in [-0.2, 0) is 4.79 Å². The van der Waals surface area contributed by atoms with Gasteiger partial charge in [-0.1, -0.05) is 38.1 Å². The minimum Gasteiger partial charge on any atom is -0.457 e. The first-order valence-electron chi connectivity index (χ1n) is 11.7. The number of rotatable bonds is 6. The highest BCUT2D eigenvalue weighted by atomic mass is 16.5. The Morgan fingerprint density at radius 1 is 1.09 bits per heavy atom. The normalized spacial score (nSPS) is 14.8. The van der Waals surface area contributed by atoms with Gasteiger partial charge in [0.25, 0.3) is 0 Å². The Morgan fingerprint density at radius 2 is 1.69 bits per heavy atom. The molecule has 0 bridgehead atoms. The van der Waals surface area contributed by atoms with Crippen molar-refractivity contribution in [1.29, 1.82) is 0 Å². The molecule has 0 saturated carbocycles. The monoisotopic (exact) mass is 437 g/mol. The van der Waals surface area contributed by atoms with Crippen molar-refractivity contribution in [2.24, 2.45) is 5.92 Å². The number of amides is 1. The van der Waals surface area contributed by atoms with Crippen LogP contribution in [0.15, 0.2) is 48.5 Å². The number of aryl methyl sites for hydroxylation is 2. The van der Waals surface area contributed by atoms with Crippen LogP contribution in [0, 0.1) is 19.8 Å². The molecule has 1 aliphatic rings. The number of piperidine rings is 1. The van der Waals surface area contributed by atoms with E-state index < -0.39 is 5.60 Å². The molecule has 4 nitrogen and oxygen atoms in total. The van der Waals surface area contributed by atoms with E-state index in [-0.39, 0.29) is 5.91 Å². The van der Waals surface area contributed by atoms with Gasteiger partial charge in [-0.25, -0.2) is 0 Å². The van der Waals surface area contributed by atoms with Crippen molar-refractivity contribution in [2.75, 3.05) is 13.1 Å². The summed E-state index contributed by atoms with van der Waals surface area (Å²) in [6, 6.07) is 13.9. The minimum absolute atomic E-state index is 0.0258. The summed E-state index contributed by atoms with van der Waals surface area (Å²) in [5.41, 5.74) is 2.54. The molecule has 0 aromatic heterocycles. The van der Waals surface area contributed by atoms with E-state index in [1.54, 1.807) is 6.08 Å². The van der Waals surface area contributed by atoms with E-state index in [4.69, 9.17) is 4.74 Å². The lowest BCUT2D eigenvalue weighted by molar-refractivity contribution is -0.127. The molecule has 2 aromatic carbocycles. The molecule has 0 spiro atoms. The highest BCUT2D eigenvalue weighted by Crippen LogP contribution is 2.29. The smallest absolute Gasteiger partial charge is 0.246 e. The number of aliphatic hydroxyl groups is 1.